The largest absolute Gasteiger partial charge is 0.369 e. The van der Waals surface area contributed by atoms with Crippen molar-refractivity contribution in [2.75, 3.05) is 22.7 Å². The summed E-state index contributed by atoms with van der Waals surface area (Å²) in [4.78, 5) is 19.0. The summed E-state index contributed by atoms with van der Waals surface area (Å²) in [5.41, 5.74) is 1.55. The zero-order valence-corrected chi connectivity index (χ0v) is 20.4. The Kier molecular flexibility index (Phi) is 6.15. The van der Waals surface area contributed by atoms with Crippen molar-refractivity contribution in [1.29, 1.82) is 0 Å². The summed E-state index contributed by atoms with van der Waals surface area (Å²) >= 11 is 0.963. The van der Waals surface area contributed by atoms with E-state index in [9.17, 15) is 17.6 Å². The number of hydrogen-bond donors (Lipinski definition) is 2. The molecule has 0 aliphatic carbocycles. The zero-order chi connectivity index (χ0) is 24.6. The topological polar surface area (TPSA) is 109 Å². The molecule has 1 amide bonds. The summed E-state index contributed by atoms with van der Waals surface area (Å²) in [5.74, 6) is -0.446. The Balaban J connectivity index is 0.00000304. The summed E-state index contributed by atoms with van der Waals surface area (Å²) < 4.78 is 47.0. The van der Waals surface area contributed by atoms with Crippen LogP contribution < -0.4 is 14.9 Å². The van der Waals surface area contributed by atoms with Crippen LogP contribution in [-0.4, -0.2) is 47.4 Å². The molecule has 1 fully saturated rings. The lowest BCUT2D eigenvalue weighted by molar-refractivity contribution is -0.124. The summed E-state index contributed by atoms with van der Waals surface area (Å²) in [6, 6.07) is 12.6. The average Bonchev–Trinajstić information content (AvgIpc) is 3.60. The van der Waals surface area contributed by atoms with Crippen LogP contribution in [0.5, 0.6) is 0 Å². The number of nitrogens with one attached hydrogen (secondary N) is 2. The van der Waals surface area contributed by atoms with Crippen LogP contribution in [0, 0.1) is 5.82 Å². The highest BCUT2D eigenvalue weighted by molar-refractivity contribution is 7.93. The molecule has 3 heterocycles. The lowest BCUT2D eigenvalue weighted by atomic mass is 10.2. The molecule has 5 rings (SSSR count). The maximum absolute atomic E-state index is 14.0. The Morgan fingerprint density at radius 2 is 2.03 bits per heavy atom. The van der Waals surface area contributed by atoms with Crippen molar-refractivity contribution in [3.8, 4) is 0 Å². The Morgan fingerprint density at radius 3 is 2.77 bits per heavy atom. The number of carbonyl (C=O) groups is 1. The molecule has 184 valence electrons. The Bertz CT molecular complexity index is 1460. The van der Waals surface area contributed by atoms with E-state index in [0.717, 1.165) is 30.2 Å². The van der Waals surface area contributed by atoms with Crippen LogP contribution in [-0.2, 0) is 14.8 Å². The van der Waals surface area contributed by atoms with Crippen LogP contribution in [0.25, 0.3) is 10.9 Å². The lowest BCUT2D eigenvalue weighted by Gasteiger charge is -2.21. The van der Waals surface area contributed by atoms with E-state index >= 15 is 0 Å². The fourth-order valence-corrected chi connectivity index (χ4v) is 5.94. The van der Waals surface area contributed by atoms with Gasteiger partial charge in [0.25, 0.3) is 10.0 Å². The van der Waals surface area contributed by atoms with Crippen LogP contribution in [0.4, 0.5) is 15.2 Å². The second kappa shape index (κ2) is 9.27. The molecule has 0 unspecified atom stereocenters. The normalized spacial score (nSPS) is 17.0. The molecular formula is C23H25FN6O3S2. The van der Waals surface area contributed by atoms with Gasteiger partial charge in [0.2, 0.25) is 11.0 Å². The summed E-state index contributed by atoms with van der Waals surface area (Å²) in [6.45, 7) is 3.13. The molecule has 35 heavy (non-hydrogen) atoms. The number of fused-ring (bicyclic) bond motifs is 1. The molecule has 2 N–H and O–H groups in total. The monoisotopic (exact) mass is 516 g/mol. The number of anilines is 2. The highest BCUT2D eigenvalue weighted by atomic mass is 32.2. The Hall–Kier alpha value is -3.51. The van der Waals surface area contributed by atoms with E-state index in [1.165, 1.54) is 12.4 Å². The number of amides is 1. The van der Waals surface area contributed by atoms with Crippen LogP contribution in [0.15, 0.2) is 66.0 Å². The summed E-state index contributed by atoms with van der Waals surface area (Å²) in [6.07, 6.45) is 3.78. The second-order valence-corrected chi connectivity index (χ2v) is 10.8. The number of carbonyl (C=O) groups excluding carboxylic acids is 1. The molecule has 0 bridgehead atoms. The Labute approximate surface area is 207 Å². The minimum atomic E-state index is -3.74. The van der Waals surface area contributed by atoms with Gasteiger partial charge < -0.3 is 14.8 Å². The predicted molar refractivity (Wildman–Crippen MR) is 135 cm³/mol. The Morgan fingerprint density at radius 1 is 1.23 bits per heavy atom. The third-order valence-electron chi connectivity index (χ3n) is 6.14. The van der Waals surface area contributed by atoms with Gasteiger partial charge in [-0.3, -0.25) is 9.52 Å². The molecule has 2 aromatic heterocycles. The van der Waals surface area contributed by atoms with E-state index in [-0.39, 0.29) is 29.2 Å². The van der Waals surface area contributed by atoms with Crippen LogP contribution in [0.1, 0.15) is 20.8 Å². The van der Waals surface area contributed by atoms with Gasteiger partial charge in [0.05, 0.1) is 10.4 Å². The van der Waals surface area contributed by atoms with Crippen molar-refractivity contribution < 1.29 is 19.0 Å². The third kappa shape index (κ3) is 4.71. The van der Waals surface area contributed by atoms with Gasteiger partial charge in [-0.05, 0) is 55.8 Å². The van der Waals surface area contributed by atoms with Gasteiger partial charge in [0.15, 0.2) is 0 Å². The maximum atomic E-state index is 14.0. The molecule has 2 aromatic carbocycles. The minimum absolute atomic E-state index is 0. The van der Waals surface area contributed by atoms with Gasteiger partial charge in [0, 0.05) is 49.4 Å². The molecule has 0 saturated carbocycles. The summed E-state index contributed by atoms with van der Waals surface area (Å²) in [5, 5.41) is 3.79. The van der Waals surface area contributed by atoms with Crippen molar-refractivity contribution in [3.63, 3.8) is 0 Å². The number of rotatable bonds is 7. The first kappa shape index (κ1) is 23.2. The van der Waals surface area contributed by atoms with Gasteiger partial charge in [0.1, 0.15) is 18.2 Å². The molecule has 9 nitrogen and oxygen atoms in total. The number of aromatic nitrogens is 3. The molecule has 1 saturated heterocycles. The molecule has 0 radical (unpaired) electrons. The molecule has 12 heteroatoms. The standard InChI is InChI=1S/C23H23FN6O3S2.H2/c1-15(30-12-10-19-20(24)3-2-4-21(19)30)22(31)27-16-9-11-29(13-16)17-5-7-18(8-6-17)35(32,33)28-23-25-14-26-34-23;/h2-8,10,12,14-16H,9,11,13H2,1H3,(H,27,31)(H,25,26,28);1H/t15-,16+;/m1./s1. The number of halogens is 1. The van der Waals surface area contributed by atoms with Crippen molar-refractivity contribution in [3.05, 3.63) is 66.9 Å². The first-order chi connectivity index (χ1) is 16.8. The predicted octanol–water partition coefficient (Wildman–Crippen LogP) is 3.63. The minimum Gasteiger partial charge on any atom is -0.369 e. The van der Waals surface area contributed by atoms with Gasteiger partial charge in [-0.25, -0.2) is 17.8 Å². The third-order valence-corrected chi connectivity index (χ3v) is 8.20. The van der Waals surface area contributed by atoms with E-state index in [2.05, 4.69) is 24.3 Å². The molecular weight excluding hydrogens is 491 g/mol. The smallest absolute Gasteiger partial charge is 0.263 e. The highest BCUT2D eigenvalue weighted by Gasteiger charge is 2.27. The molecule has 4 aromatic rings. The van der Waals surface area contributed by atoms with Gasteiger partial charge in [-0.2, -0.15) is 4.37 Å². The van der Waals surface area contributed by atoms with Crippen molar-refractivity contribution >= 4 is 49.2 Å². The summed E-state index contributed by atoms with van der Waals surface area (Å²) in [7, 11) is -3.74. The molecule has 1 aliphatic rings. The lowest BCUT2D eigenvalue weighted by Crippen LogP contribution is -2.40. The van der Waals surface area contributed by atoms with E-state index < -0.39 is 16.1 Å². The van der Waals surface area contributed by atoms with Gasteiger partial charge in [-0.15, -0.1) is 0 Å². The van der Waals surface area contributed by atoms with Gasteiger partial charge >= 0.3 is 0 Å². The quantitative estimate of drug-likeness (QED) is 0.388. The SMILES string of the molecule is C[C@H](C(=O)N[C@H]1CCN(c2ccc(S(=O)(=O)Nc3ncns3)cc2)C1)n1ccc2c(F)cccc21.[HH]. The maximum Gasteiger partial charge on any atom is 0.263 e. The molecule has 2 atom stereocenters. The number of benzene rings is 2. The number of hydrogen-bond acceptors (Lipinski definition) is 7. The molecule has 1 aliphatic heterocycles. The van der Waals surface area contributed by atoms with Crippen molar-refractivity contribution in [2.24, 2.45) is 0 Å². The first-order valence-corrected chi connectivity index (χ1v) is 13.3. The zero-order valence-electron chi connectivity index (χ0n) is 18.8. The fraction of sp³-hybridized carbons (Fsp3) is 0.261. The van der Waals surface area contributed by atoms with E-state index in [1.807, 2.05) is 0 Å². The van der Waals surface area contributed by atoms with Gasteiger partial charge in [-0.1, -0.05) is 6.07 Å². The molecule has 0 spiro atoms. The van der Waals surface area contributed by atoms with E-state index in [1.54, 1.807) is 60.2 Å². The van der Waals surface area contributed by atoms with E-state index in [4.69, 9.17) is 0 Å². The van der Waals surface area contributed by atoms with Crippen LogP contribution in [0.2, 0.25) is 0 Å². The highest BCUT2D eigenvalue weighted by Crippen LogP contribution is 2.25. The van der Waals surface area contributed by atoms with Crippen LogP contribution >= 0.6 is 11.5 Å². The van der Waals surface area contributed by atoms with E-state index in [0.29, 0.717) is 17.4 Å². The first-order valence-electron chi connectivity index (χ1n) is 11.0. The average molecular weight is 517 g/mol. The second-order valence-electron chi connectivity index (χ2n) is 8.36. The van der Waals surface area contributed by atoms with Crippen molar-refractivity contribution in [1.82, 2.24) is 19.2 Å². The fourth-order valence-electron chi connectivity index (χ4n) is 4.28. The number of sulfonamides is 1. The number of nitrogens with zero attached hydrogens (tertiary/aromatic N) is 4. The van der Waals surface area contributed by atoms with Crippen LogP contribution in [0.3, 0.4) is 0 Å². The van der Waals surface area contributed by atoms with Crippen molar-refractivity contribution in [2.45, 2.75) is 30.3 Å².